The normalized spacial score (nSPS) is 11.2. The van der Waals surface area contributed by atoms with Gasteiger partial charge < -0.3 is 9.88 Å². The number of carbonyl (C=O) groups is 1. The zero-order valence-electron chi connectivity index (χ0n) is 19.0. The molecule has 1 heterocycles. The number of anilines is 1. The van der Waals surface area contributed by atoms with Gasteiger partial charge in [0.25, 0.3) is 15.9 Å². The van der Waals surface area contributed by atoms with Crippen LogP contribution in [-0.2, 0) is 23.1 Å². The van der Waals surface area contributed by atoms with E-state index in [-0.39, 0.29) is 10.8 Å². The number of nitrogens with one attached hydrogen (secondary N) is 2. The summed E-state index contributed by atoms with van der Waals surface area (Å²) in [5, 5.41) is 2.89. The Morgan fingerprint density at radius 1 is 0.912 bits per heavy atom. The highest BCUT2D eigenvalue weighted by atomic mass is 32.2. The second-order valence-corrected chi connectivity index (χ2v) is 9.85. The maximum atomic E-state index is 12.7. The minimum absolute atomic E-state index is 0.202. The summed E-state index contributed by atoms with van der Waals surface area (Å²) in [6, 6.07) is 19.4. The zero-order valence-corrected chi connectivity index (χ0v) is 19.8. The average molecular weight is 475 g/mol. The summed E-state index contributed by atoms with van der Waals surface area (Å²) in [5.41, 5.74) is 4.91. The van der Waals surface area contributed by atoms with Gasteiger partial charge in [0.15, 0.2) is 0 Å². The third kappa shape index (κ3) is 5.71. The van der Waals surface area contributed by atoms with Crippen LogP contribution >= 0.6 is 0 Å². The molecule has 0 spiro atoms. The molecule has 0 atom stereocenters. The topological polar surface area (TPSA) is 93.1 Å². The Morgan fingerprint density at radius 2 is 1.62 bits per heavy atom. The van der Waals surface area contributed by atoms with Gasteiger partial charge in [0.1, 0.15) is 0 Å². The van der Waals surface area contributed by atoms with E-state index in [2.05, 4.69) is 15.0 Å². The predicted octanol–water partition coefficient (Wildman–Crippen LogP) is 4.28. The van der Waals surface area contributed by atoms with Crippen LogP contribution in [0.3, 0.4) is 0 Å². The number of carbonyl (C=O) groups excluding carboxylic acids is 1. The molecule has 4 rings (SSSR count). The van der Waals surface area contributed by atoms with Crippen molar-refractivity contribution in [3.8, 4) is 0 Å². The Balaban J connectivity index is 1.33. The van der Waals surface area contributed by atoms with Gasteiger partial charge in [-0.2, -0.15) is 0 Å². The molecule has 34 heavy (non-hydrogen) atoms. The number of amides is 1. The molecule has 4 aromatic rings. The molecular formula is C26H26N4O3S. The van der Waals surface area contributed by atoms with Crippen LogP contribution in [0.15, 0.2) is 90.3 Å². The quantitative estimate of drug-likeness (QED) is 0.399. The molecule has 0 fully saturated rings. The molecule has 0 radical (unpaired) electrons. The van der Waals surface area contributed by atoms with E-state index in [1.165, 1.54) is 0 Å². The highest BCUT2D eigenvalue weighted by Crippen LogP contribution is 2.19. The first kappa shape index (κ1) is 23.3. The summed E-state index contributed by atoms with van der Waals surface area (Å²) in [5.74, 6) is -0.231. The molecule has 174 valence electrons. The number of sulfonamides is 1. The lowest BCUT2D eigenvalue weighted by Gasteiger charge is -2.11. The summed E-state index contributed by atoms with van der Waals surface area (Å²) in [4.78, 5) is 16.8. The Labute approximate surface area is 199 Å². The Morgan fingerprint density at radius 3 is 2.26 bits per heavy atom. The fourth-order valence-corrected chi connectivity index (χ4v) is 4.57. The van der Waals surface area contributed by atoms with E-state index in [1.807, 2.05) is 48.9 Å². The van der Waals surface area contributed by atoms with Gasteiger partial charge in [0.2, 0.25) is 0 Å². The van der Waals surface area contributed by atoms with Crippen LogP contribution in [-0.4, -0.2) is 23.9 Å². The number of hydrogen-bond acceptors (Lipinski definition) is 4. The van der Waals surface area contributed by atoms with E-state index in [0.717, 1.165) is 28.8 Å². The first-order chi connectivity index (χ1) is 16.3. The maximum Gasteiger partial charge on any atom is 0.261 e. The van der Waals surface area contributed by atoms with Crippen molar-refractivity contribution in [1.29, 1.82) is 0 Å². The predicted molar refractivity (Wildman–Crippen MR) is 132 cm³/mol. The van der Waals surface area contributed by atoms with Gasteiger partial charge in [0, 0.05) is 36.7 Å². The van der Waals surface area contributed by atoms with Gasteiger partial charge in [-0.1, -0.05) is 30.3 Å². The molecule has 2 N–H and O–H groups in total. The fourth-order valence-electron chi connectivity index (χ4n) is 3.42. The molecule has 3 aromatic carbocycles. The van der Waals surface area contributed by atoms with Crippen LogP contribution in [0.1, 0.15) is 32.6 Å². The number of imidazole rings is 1. The van der Waals surface area contributed by atoms with Gasteiger partial charge in [-0.3, -0.25) is 9.52 Å². The van der Waals surface area contributed by atoms with E-state index >= 15 is 0 Å². The molecular weight excluding hydrogens is 448 g/mol. The molecule has 0 saturated carbocycles. The van der Waals surface area contributed by atoms with Crippen molar-refractivity contribution in [3.63, 3.8) is 0 Å². The minimum atomic E-state index is -3.71. The highest BCUT2D eigenvalue weighted by molar-refractivity contribution is 7.92. The second-order valence-electron chi connectivity index (χ2n) is 8.16. The van der Waals surface area contributed by atoms with Gasteiger partial charge in [-0.15, -0.1) is 0 Å². The van der Waals surface area contributed by atoms with Crippen molar-refractivity contribution in [3.05, 3.63) is 113 Å². The molecule has 0 bridgehead atoms. The first-order valence-electron chi connectivity index (χ1n) is 10.8. The number of rotatable bonds is 8. The van der Waals surface area contributed by atoms with Crippen molar-refractivity contribution < 1.29 is 13.2 Å². The van der Waals surface area contributed by atoms with Crippen molar-refractivity contribution in [2.45, 2.75) is 31.8 Å². The molecule has 1 amide bonds. The summed E-state index contributed by atoms with van der Waals surface area (Å²) in [6.45, 7) is 4.94. The molecule has 7 nitrogen and oxygen atoms in total. The van der Waals surface area contributed by atoms with Gasteiger partial charge in [-0.05, 0) is 72.5 Å². The van der Waals surface area contributed by atoms with E-state index in [0.29, 0.717) is 17.8 Å². The number of nitrogens with zero attached hydrogens (tertiary/aromatic N) is 2. The van der Waals surface area contributed by atoms with Gasteiger partial charge in [-0.25, -0.2) is 13.4 Å². The Kier molecular flexibility index (Phi) is 6.79. The van der Waals surface area contributed by atoms with Crippen LogP contribution in [0, 0.1) is 13.8 Å². The third-order valence-corrected chi connectivity index (χ3v) is 6.97. The first-order valence-corrected chi connectivity index (χ1v) is 12.3. The number of benzene rings is 3. The molecule has 0 aliphatic heterocycles. The monoisotopic (exact) mass is 474 g/mol. The third-order valence-electron chi connectivity index (χ3n) is 5.59. The van der Waals surface area contributed by atoms with Gasteiger partial charge >= 0.3 is 0 Å². The molecule has 0 aliphatic rings. The van der Waals surface area contributed by atoms with Crippen molar-refractivity contribution in [2.75, 3.05) is 4.72 Å². The fraction of sp³-hybridized carbons (Fsp3) is 0.154. The SMILES string of the molecule is Cc1ccc(S(=O)(=O)Nc2ccc(C(=O)NCc3ccc(Cn4ccnc4)cc3)cc2)cc1C. The summed E-state index contributed by atoms with van der Waals surface area (Å²) in [7, 11) is -3.71. The van der Waals surface area contributed by atoms with E-state index in [1.54, 1.807) is 55.0 Å². The van der Waals surface area contributed by atoms with Crippen molar-refractivity contribution >= 4 is 21.6 Å². The van der Waals surface area contributed by atoms with Gasteiger partial charge in [0.05, 0.1) is 11.2 Å². The van der Waals surface area contributed by atoms with Crippen molar-refractivity contribution in [2.24, 2.45) is 0 Å². The van der Waals surface area contributed by atoms with E-state index < -0.39 is 10.0 Å². The minimum Gasteiger partial charge on any atom is -0.348 e. The van der Waals surface area contributed by atoms with Crippen LogP contribution in [0.25, 0.3) is 0 Å². The molecule has 0 saturated heterocycles. The lowest BCUT2D eigenvalue weighted by Crippen LogP contribution is -2.22. The lowest BCUT2D eigenvalue weighted by molar-refractivity contribution is 0.0951. The van der Waals surface area contributed by atoms with Crippen LogP contribution in [0.5, 0.6) is 0 Å². The number of aryl methyl sites for hydroxylation is 2. The maximum absolute atomic E-state index is 12.7. The number of aromatic nitrogens is 2. The van der Waals surface area contributed by atoms with Crippen LogP contribution < -0.4 is 10.0 Å². The Hall–Kier alpha value is -3.91. The molecule has 0 unspecified atom stereocenters. The van der Waals surface area contributed by atoms with E-state index in [9.17, 15) is 13.2 Å². The Bertz CT molecular complexity index is 1380. The lowest BCUT2D eigenvalue weighted by atomic mass is 10.1. The largest absolute Gasteiger partial charge is 0.348 e. The van der Waals surface area contributed by atoms with Crippen molar-refractivity contribution in [1.82, 2.24) is 14.9 Å². The highest BCUT2D eigenvalue weighted by Gasteiger charge is 2.15. The van der Waals surface area contributed by atoms with Crippen LogP contribution in [0.4, 0.5) is 5.69 Å². The van der Waals surface area contributed by atoms with E-state index in [4.69, 9.17) is 0 Å². The average Bonchev–Trinajstić information content (AvgIpc) is 3.33. The number of hydrogen-bond donors (Lipinski definition) is 2. The molecule has 8 heteroatoms. The molecule has 1 aromatic heterocycles. The van der Waals surface area contributed by atoms with Crippen LogP contribution in [0.2, 0.25) is 0 Å². The second kappa shape index (κ2) is 9.93. The summed E-state index contributed by atoms with van der Waals surface area (Å²) < 4.78 is 29.9. The summed E-state index contributed by atoms with van der Waals surface area (Å²) in [6.07, 6.45) is 5.43. The smallest absolute Gasteiger partial charge is 0.261 e. The molecule has 0 aliphatic carbocycles. The standard InChI is InChI=1S/C26H26N4O3S/c1-19-3-12-25(15-20(19)2)34(32,33)29-24-10-8-23(9-11-24)26(31)28-16-21-4-6-22(7-5-21)17-30-14-13-27-18-30/h3-15,18,29H,16-17H2,1-2H3,(H,28,31). The zero-order chi connectivity index (χ0) is 24.1. The summed E-state index contributed by atoms with van der Waals surface area (Å²) >= 11 is 0.